The van der Waals surface area contributed by atoms with Gasteiger partial charge in [0.1, 0.15) is 0 Å². The van der Waals surface area contributed by atoms with Gasteiger partial charge in [-0.05, 0) is 13.3 Å². The molecule has 0 radical (unpaired) electrons. The van der Waals surface area contributed by atoms with Gasteiger partial charge in [0.15, 0.2) is 9.84 Å². The Morgan fingerprint density at radius 1 is 1.29 bits per heavy atom. The topological polar surface area (TPSA) is 66.4 Å². The second-order valence-corrected chi connectivity index (χ2v) is 7.32. The number of unbranched alkanes of at least 4 members (excludes halogenated alkanes) is 3. The van der Waals surface area contributed by atoms with E-state index in [-0.39, 0.29) is 23.6 Å². The third kappa shape index (κ3) is 5.36. The molecule has 0 bridgehead atoms. The van der Waals surface area contributed by atoms with Crippen molar-refractivity contribution in [3.8, 4) is 0 Å². The number of aliphatic hydroxyl groups is 1. The summed E-state index contributed by atoms with van der Waals surface area (Å²) in [5.41, 5.74) is 0. The molecule has 0 aromatic rings. The zero-order chi connectivity index (χ0) is 12.9. The summed E-state index contributed by atoms with van der Waals surface area (Å²) in [5.74, 6) is -0.0132. The molecular weight excluding hydrogens is 238 g/mol. The normalized spacial score (nSPS) is 29.4. The molecule has 1 rings (SSSR count). The van der Waals surface area contributed by atoms with Crippen LogP contribution < -0.4 is 5.32 Å². The van der Waals surface area contributed by atoms with E-state index in [9.17, 15) is 13.5 Å². The Hall–Kier alpha value is -0.130. The van der Waals surface area contributed by atoms with E-state index >= 15 is 0 Å². The van der Waals surface area contributed by atoms with Crippen LogP contribution in [0.2, 0.25) is 0 Å². The fraction of sp³-hybridized carbons (Fsp3) is 1.00. The molecule has 4 nitrogen and oxygen atoms in total. The van der Waals surface area contributed by atoms with Gasteiger partial charge < -0.3 is 10.4 Å². The summed E-state index contributed by atoms with van der Waals surface area (Å²) in [5, 5.41) is 12.9. The number of sulfone groups is 1. The van der Waals surface area contributed by atoms with Crippen LogP contribution in [0.25, 0.3) is 0 Å². The van der Waals surface area contributed by atoms with Crippen LogP contribution in [-0.2, 0) is 9.84 Å². The molecule has 0 aliphatic carbocycles. The lowest BCUT2D eigenvalue weighted by atomic mass is 10.1. The highest BCUT2D eigenvalue weighted by Crippen LogP contribution is 2.14. The van der Waals surface area contributed by atoms with Crippen molar-refractivity contribution in [2.24, 2.45) is 0 Å². The summed E-state index contributed by atoms with van der Waals surface area (Å²) in [7, 11) is -3.03. The average Bonchev–Trinajstić information content (AvgIpc) is 2.47. The van der Waals surface area contributed by atoms with Crippen LogP contribution >= 0.6 is 0 Å². The summed E-state index contributed by atoms with van der Waals surface area (Å²) in [4.78, 5) is 0. The Labute approximate surface area is 105 Å². The lowest BCUT2D eigenvalue weighted by Crippen LogP contribution is -2.43. The smallest absolute Gasteiger partial charge is 0.154 e. The van der Waals surface area contributed by atoms with Gasteiger partial charge in [0, 0.05) is 12.1 Å². The van der Waals surface area contributed by atoms with Gasteiger partial charge >= 0.3 is 0 Å². The Kier molecular flexibility index (Phi) is 5.89. The second-order valence-electron chi connectivity index (χ2n) is 5.17. The van der Waals surface area contributed by atoms with Crippen molar-refractivity contribution < 1.29 is 13.5 Å². The van der Waals surface area contributed by atoms with Gasteiger partial charge in [0.05, 0.1) is 17.6 Å². The Morgan fingerprint density at radius 3 is 2.53 bits per heavy atom. The third-order valence-electron chi connectivity index (χ3n) is 3.31. The molecule has 3 atom stereocenters. The van der Waals surface area contributed by atoms with E-state index in [0.29, 0.717) is 0 Å². The highest BCUT2D eigenvalue weighted by atomic mass is 32.2. The van der Waals surface area contributed by atoms with Crippen molar-refractivity contribution >= 4 is 9.84 Å². The zero-order valence-corrected chi connectivity index (χ0v) is 11.7. The first kappa shape index (κ1) is 14.9. The maximum atomic E-state index is 11.3. The zero-order valence-electron chi connectivity index (χ0n) is 10.9. The van der Waals surface area contributed by atoms with Gasteiger partial charge in [-0.3, -0.25) is 0 Å². The standard InChI is InChI=1S/C12H25NO3S/c1-3-4-5-6-7-10(2)13-11-8-17(15,16)9-12(11)14/h10-14H,3-9H2,1-2H3. The van der Waals surface area contributed by atoms with Crippen molar-refractivity contribution in [2.45, 2.75) is 64.1 Å². The van der Waals surface area contributed by atoms with E-state index < -0.39 is 15.9 Å². The van der Waals surface area contributed by atoms with Crippen LogP contribution in [0.4, 0.5) is 0 Å². The monoisotopic (exact) mass is 263 g/mol. The SMILES string of the molecule is CCCCCCC(C)NC1CS(=O)(=O)CC1O. The molecule has 3 unspecified atom stereocenters. The Bertz CT molecular complexity index is 316. The number of nitrogens with one attached hydrogen (secondary N) is 1. The number of aliphatic hydroxyl groups excluding tert-OH is 1. The van der Waals surface area contributed by atoms with Gasteiger partial charge in [-0.25, -0.2) is 8.42 Å². The lowest BCUT2D eigenvalue weighted by molar-refractivity contribution is 0.159. The minimum Gasteiger partial charge on any atom is -0.390 e. The van der Waals surface area contributed by atoms with Crippen molar-refractivity contribution in [2.75, 3.05) is 11.5 Å². The van der Waals surface area contributed by atoms with Crippen LogP contribution in [-0.4, -0.2) is 43.2 Å². The van der Waals surface area contributed by atoms with E-state index in [1.807, 2.05) is 0 Å². The summed E-state index contributed by atoms with van der Waals surface area (Å²) >= 11 is 0. The number of rotatable bonds is 7. The lowest BCUT2D eigenvalue weighted by Gasteiger charge is -2.20. The van der Waals surface area contributed by atoms with Gasteiger partial charge in [0.2, 0.25) is 0 Å². The van der Waals surface area contributed by atoms with Gasteiger partial charge in [0.25, 0.3) is 0 Å². The molecule has 0 aromatic heterocycles. The van der Waals surface area contributed by atoms with Crippen molar-refractivity contribution in [3.63, 3.8) is 0 Å². The second kappa shape index (κ2) is 6.71. The molecule has 17 heavy (non-hydrogen) atoms. The van der Waals surface area contributed by atoms with Gasteiger partial charge in [-0.1, -0.05) is 32.6 Å². The first-order valence-corrected chi connectivity index (χ1v) is 8.41. The summed E-state index contributed by atoms with van der Waals surface area (Å²) < 4.78 is 22.7. The molecule has 1 aliphatic rings. The molecule has 1 saturated heterocycles. The minimum absolute atomic E-state index is 0.0769. The van der Waals surface area contributed by atoms with Crippen LogP contribution in [0.3, 0.4) is 0 Å². The van der Waals surface area contributed by atoms with Gasteiger partial charge in [-0.15, -0.1) is 0 Å². The largest absolute Gasteiger partial charge is 0.390 e. The predicted octanol–water partition coefficient (Wildman–Crippen LogP) is 1.09. The van der Waals surface area contributed by atoms with Crippen LogP contribution in [0.1, 0.15) is 46.0 Å². The summed E-state index contributed by atoms with van der Waals surface area (Å²) in [6.07, 6.45) is 5.18. The van der Waals surface area contributed by atoms with Crippen molar-refractivity contribution in [3.05, 3.63) is 0 Å². The molecule has 0 saturated carbocycles. The molecule has 1 aliphatic heterocycles. The molecule has 5 heteroatoms. The number of hydrogen-bond acceptors (Lipinski definition) is 4. The molecule has 2 N–H and O–H groups in total. The first-order chi connectivity index (χ1) is 7.94. The van der Waals surface area contributed by atoms with E-state index in [4.69, 9.17) is 0 Å². The molecule has 0 spiro atoms. The highest BCUT2D eigenvalue weighted by Gasteiger charge is 2.36. The van der Waals surface area contributed by atoms with Crippen LogP contribution in [0.15, 0.2) is 0 Å². The van der Waals surface area contributed by atoms with Gasteiger partial charge in [-0.2, -0.15) is 0 Å². The van der Waals surface area contributed by atoms with Crippen LogP contribution in [0.5, 0.6) is 0 Å². The summed E-state index contributed by atoms with van der Waals surface area (Å²) in [6.45, 7) is 4.24. The Morgan fingerprint density at radius 2 is 2.00 bits per heavy atom. The summed E-state index contributed by atoms with van der Waals surface area (Å²) in [6, 6.07) is 0.000909. The minimum atomic E-state index is -3.03. The predicted molar refractivity (Wildman–Crippen MR) is 69.8 cm³/mol. The maximum absolute atomic E-state index is 11.3. The quantitative estimate of drug-likeness (QED) is 0.675. The molecule has 0 amide bonds. The van der Waals surface area contributed by atoms with E-state index in [0.717, 1.165) is 12.8 Å². The highest BCUT2D eigenvalue weighted by molar-refractivity contribution is 7.91. The van der Waals surface area contributed by atoms with Crippen molar-refractivity contribution in [1.29, 1.82) is 0 Å². The van der Waals surface area contributed by atoms with Crippen molar-refractivity contribution in [1.82, 2.24) is 5.32 Å². The fourth-order valence-corrected chi connectivity index (χ4v) is 4.07. The molecule has 102 valence electrons. The van der Waals surface area contributed by atoms with Crippen LogP contribution in [0, 0.1) is 0 Å². The Balaban J connectivity index is 2.24. The van der Waals surface area contributed by atoms with E-state index in [1.54, 1.807) is 0 Å². The molecule has 1 heterocycles. The van der Waals surface area contributed by atoms with E-state index in [2.05, 4.69) is 19.2 Å². The molecular formula is C12H25NO3S. The fourth-order valence-electron chi connectivity index (χ4n) is 2.31. The first-order valence-electron chi connectivity index (χ1n) is 6.59. The van der Waals surface area contributed by atoms with E-state index in [1.165, 1.54) is 19.3 Å². The molecule has 1 fully saturated rings. The maximum Gasteiger partial charge on any atom is 0.154 e. The average molecular weight is 263 g/mol. The molecule has 0 aromatic carbocycles. The third-order valence-corrected chi connectivity index (χ3v) is 5.03. The number of hydrogen-bond donors (Lipinski definition) is 2.